The van der Waals surface area contributed by atoms with Gasteiger partial charge in [0.2, 0.25) is 0 Å². The van der Waals surface area contributed by atoms with E-state index in [1.54, 1.807) is 17.0 Å². The first-order valence-electron chi connectivity index (χ1n) is 5.47. The summed E-state index contributed by atoms with van der Waals surface area (Å²) >= 11 is 0. The van der Waals surface area contributed by atoms with Crippen LogP contribution in [-0.2, 0) is 0 Å². The van der Waals surface area contributed by atoms with Gasteiger partial charge in [-0.15, -0.1) is 0 Å². The lowest BCUT2D eigenvalue weighted by Crippen LogP contribution is -2.29. The molecule has 16 heavy (non-hydrogen) atoms. The van der Waals surface area contributed by atoms with Gasteiger partial charge in [0, 0.05) is 31.3 Å². The molecule has 4 nitrogen and oxygen atoms in total. The number of carbonyl (C=O) groups excluding carboxylic acids is 1. The number of hydrogen-bond acceptors (Lipinski definition) is 3. The van der Waals surface area contributed by atoms with E-state index < -0.39 is 0 Å². The Labute approximate surface area is 94.7 Å². The lowest BCUT2D eigenvalue weighted by molar-refractivity contribution is 0.0783. The van der Waals surface area contributed by atoms with Crippen LogP contribution in [0.2, 0.25) is 0 Å². The third-order valence-electron chi connectivity index (χ3n) is 3.02. The minimum atomic E-state index is -0.0333. The Morgan fingerprint density at radius 3 is 2.88 bits per heavy atom. The highest BCUT2D eigenvalue weighted by Crippen LogP contribution is 2.20. The number of rotatable bonds is 2. The van der Waals surface area contributed by atoms with E-state index in [0.717, 1.165) is 6.42 Å². The molecule has 1 aromatic carbocycles. The van der Waals surface area contributed by atoms with Crippen LogP contribution in [0, 0.1) is 5.92 Å². The third kappa shape index (κ3) is 2.02. The van der Waals surface area contributed by atoms with Crippen LogP contribution in [0.1, 0.15) is 16.8 Å². The second-order valence-electron chi connectivity index (χ2n) is 4.18. The van der Waals surface area contributed by atoms with Crippen LogP contribution in [0.4, 0.5) is 5.69 Å². The van der Waals surface area contributed by atoms with Crippen LogP contribution in [0.25, 0.3) is 0 Å². The fourth-order valence-electron chi connectivity index (χ4n) is 2.03. The van der Waals surface area contributed by atoms with E-state index in [1.807, 2.05) is 12.1 Å². The maximum Gasteiger partial charge on any atom is 0.255 e. The Bertz CT molecular complexity index is 392. The Kier molecular flexibility index (Phi) is 3.10. The average Bonchev–Trinajstić information content (AvgIpc) is 2.77. The number of benzene rings is 1. The first-order chi connectivity index (χ1) is 7.72. The summed E-state index contributed by atoms with van der Waals surface area (Å²) in [6.07, 6.45) is 0.870. The van der Waals surface area contributed by atoms with Crippen molar-refractivity contribution < 1.29 is 9.90 Å². The summed E-state index contributed by atoms with van der Waals surface area (Å²) in [7, 11) is 0. The van der Waals surface area contributed by atoms with Gasteiger partial charge in [-0.05, 0) is 18.6 Å². The van der Waals surface area contributed by atoms with Crippen molar-refractivity contribution in [2.24, 2.45) is 5.92 Å². The molecule has 3 N–H and O–H groups in total. The van der Waals surface area contributed by atoms with Crippen LogP contribution in [-0.4, -0.2) is 35.6 Å². The van der Waals surface area contributed by atoms with Gasteiger partial charge in [-0.2, -0.15) is 0 Å². The Balaban J connectivity index is 2.12. The van der Waals surface area contributed by atoms with E-state index in [-0.39, 0.29) is 18.4 Å². The zero-order chi connectivity index (χ0) is 11.5. The highest BCUT2D eigenvalue weighted by molar-refractivity contribution is 5.99. The molecule has 0 aliphatic carbocycles. The summed E-state index contributed by atoms with van der Waals surface area (Å²) in [5.74, 6) is 0.183. The second-order valence-corrected chi connectivity index (χ2v) is 4.18. The van der Waals surface area contributed by atoms with Crippen molar-refractivity contribution >= 4 is 11.6 Å². The van der Waals surface area contributed by atoms with Gasteiger partial charge in [0.25, 0.3) is 5.91 Å². The second kappa shape index (κ2) is 4.53. The van der Waals surface area contributed by atoms with Crippen molar-refractivity contribution in [3.63, 3.8) is 0 Å². The van der Waals surface area contributed by atoms with Crippen LogP contribution >= 0.6 is 0 Å². The molecule has 4 heteroatoms. The predicted octanol–water partition coefficient (Wildman–Crippen LogP) is 0.723. The van der Waals surface area contributed by atoms with E-state index in [4.69, 9.17) is 10.8 Å². The van der Waals surface area contributed by atoms with Crippen LogP contribution in [0.3, 0.4) is 0 Å². The van der Waals surface area contributed by atoms with Gasteiger partial charge in [-0.25, -0.2) is 0 Å². The number of nitrogens with two attached hydrogens (primary N) is 1. The van der Waals surface area contributed by atoms with Crippen molar-refractivity contribution in [2.45, 2.75) is 6.42 Å². The Morgan fingerprint density at radius 2 is 2.25 bits per heavy atom. The summed E-state index contributed by atoms with van der Waals surface area (Å²) in [6, 6.07) is 7.09. The molecule has 0 aromatic heterocycles. The van der Waals surface area contributed by atoms with Crippen molar-refractivity contribution in [3.05, 3.63) is 29.8 Å². The van der Waals surface area contributed by atoms with Crippen LogP contribution < -0.4 is 5.73 Å². The molecule has 0 radical (unpaired) electrons. The van der Waals surface area contributed by atoms with Crippen LogP contribution in [0.15, 0.2) is 24.3 Å². The fraction of sp³-hybridized carbons (Fsp3) is 0.417. The number of para-hydroxylation sites is 1. The van der Waals surface area contributed by atoms with Gasteiger partial charge in [-0.1, -0.05) is 12.1 Å². The molecule has 0 bridgehead atoms. The first-order valence-corrected chi connectivity index (χ1v) is 5.47. The molecule has 1 aliphatic rings. The predicted molar refractivity (Wildman–Crippen MR) is 62.0 cm³/mol. The summed E-state index contributed by atoms with van der Waals surface area (Å²) in [4.78, 5) is 13.9. The molecule has 1 heterocycles. The number of aliphatic hydroxyl groups is 1. The zero-order valence-corrected chi connectivity index (χ0v) is 9.10. The number of carbonyl (C=O) groups is 1. The molecular weight excluding hydrogens is 204 g/mol. The molecule has 1 atom stereocenters. The monoisotopic (exact) mass is 220 g/mol. The fourth-order valence-corrected chi connectivity index (χ4v) is 2.03. The number of aliphatic hydroxyl groups excluding tert-OH is 1. The SMILES string of the molecule is Nc1ccccc1C(=O)N1CCC(CO)C1. The normalized spacial score (nSPS) is 20.1. The number of nitrogens with zero attached hydrogens (tertiary/aromatic N) is 1. The molecule has 1 fully saturated rings. The number of hydrogen-bond donors (Lipinski definition) is 2. The number of likely N-dealkylation sites (tertiary alicyclic amines) is 1. The maximum atomic E-state index is 12.1. The summed E-state index contributed by atoms with van der Waals surface area (Å²) in [5, 5.41) is 9.03. The smallest absolute Gasteiger partial charge is 0.255 e. The van der Waals surface area contributed by atoms with Gasteiger partial charge in [-0.3, -0.25) is 4.79 Å². The number of amides is 1. The lowest BCUT2D eigenvalue weighted by atomic mass is 10.1. The summed E-state index contributed by atoms with van der Waals surface area (Å²) in [6.45, 7) is 1.48. The first kappa shape index (κ1) is 11.0. The number of nitrogen functional groups attached to an aromatic ring is 1. The minimum absolute atomic E-state index is 0.0333. The quantitative estimate of drug-likeness (QED) is 0.722. The molecule has 0 spiro atoms. The van der Waals surface area contributed by atoms with E-state index >= 15 is 0 Å². The minimum Gasteiger partial charge on any atom is -0.398 e. The topological polar surface area (TPSA) is 66.6 Å². The molecule has 86 valence electrons. The number of anilines is 1. The highest BCUT2D eigenvalue weighted by Gasteiger charge is 2.26. The Morgan fingerprint density at radius 1 is 1.50 bits per heavy atom. The average molecular weight is 220 g/mol. The molecule has 2 rings (SSSR count). The van der Waals surface area contributed by atoms with E-state index in [9.17, 15) is 4.79 Å². The van der Waals surface area contributed by atoms with Gasteiger partial charge >= 0.3 is 0 Å². The van der Waals surface area contributed by atoms with Crippen molar-refractivity contribution in [1.82, 2.24) is 4.90 Å². The maximum absolute atomic E-state index is 12.1. The summed E-state index contributed by atoms with van der Waals surface area (Å²) < 4.78 is 0. The van der Waals surface area contributed by atoms with Gasteiger partial charge in [0.05, 0.1) is 5.56 Å². The van der Waals surface area contributed by atoms with Gasteiger partial charge < -0.3 is 15.7 Å². The molecule has 1 unspecified atom stereocenters. The third-order valence-corrected chi connectivity index (χ3v) is 3.02. The summed E-state index contributed by atoms with van der Waals surface area (Å²) in [5.41, 5.74) is 6.83. The Hall–Kier alpha value is -1.55. The molecule has 1 amide bonds. The van der Waals surface area contributed by atoms with Gasteiger partial charge in [0.1, 0.15) is 0 Å². The van der Waals surface area contributed by atoms with Crippen LogP contribution in [0.5, 0.6) is 0 Å². The van der Waals surface area contributed by atoms with Gasteiger partial charge in [0.15, 0.2) is 0 Å². The molecule has 1 aliphatic heterocycles. The molecular formula is C12H16N2O2. The van der Waals surface area contributed by atoms with Crippen molar-refractivity contribution in [3.8, 4) is 0 Å². The van der Waals surface area contributed by atoms with Crippen molar-refractivity contribution in [1.29, 1.82) is 0 Å². The highest BCUT2D eigenvalue weighted by atomic mass is 16.3. The molecule has 1 aromatic rings. The lowest BCUT2D eigenvalue weighted by Gasteiger charge is -2.17. The largest absolute Gasteiger partial charge is 0.398 e. The molecule has 1 saturated heterocycles. The van der Waals surface area contributed by atoms with E-state index in [2.05, 4.69) is 0 Å². The van der Waals surface area contributed by atoms with E-state index in [1.165, 1.54) is 0 Å². The van der Waals surface area contributed by atoms with Crippen molar-refractivity contribution in [2.75, 3.05) is 25.4 Å². The zero-order valence-electron chi connectivity index (χ0n) is 9.10. The standard InChI is InChI=1S/C12H16N2O2/c13-11-4-2-1-3-10(11)12(16)14-6-5-9(7-14)8-15/h1-4,9,15H,5-8,13H2. The van der Waals surface area contributed by atoms with E-state index in [0.29, 0.717) is 24.3 Å². The molecule has 0 saturated carbocycles.